The van der Waals surface area contributed by atoms with Crippen molar-refractivity contribution in [2.45, 2.75) is 33.2 Å². The number of ether oxygens (including phenoxy) is 1. The third kappa shape index (κ3) is 4.02. The van der Waals surface area contributed by atoms with Gasteiger partial charge >= 0.3 is 0 Å². The Bertz CT molecular complexity index is 763. The van der Waals surface area contributed by atoms with Gasteiger partial charge in [-0.2, -0.15) is 4.98 Å². The van der Waals surface area contributed by atoms with E-state index in [2.05, 4.69) is 40.1 Å². The van der Waals surface area contributed by atoms with E-state index in [1.807, 2.05) is 19.1 Å². The molecule has 7 heteroatoms. The van der Waals surface area contributed by atoms with Gasteiger partial charge in [0.15, 0.2) is 0 Å². The molecule has 0 saturated carbocycles. The smallest absolute Gasteiger partial charge is 0.222 e. The molecule has 2 heterocycles. The molecule has 1 unspecified atom stereocenters. The van der Waals surface area contributed by atoms with Gasteiger partial charge in [0.05, 0.1) is 12.6 Å². The standard InChI is InChI=1S/C19H26ClN5O/c1-4-22-16-10-15(20)14(8-12(16)2)17-11-26-7-5-6-25(17)18-9-13(3)23-19(21)24-18/h8-10,17,22H,4-7,11H2,1-3H3,(H2,21,23,24). The summed E-state index contributed by atoms with van der Waals surface area (Å²) < 4.78 is 5.86. The number of aromatic nitrogens is 2. The van der Waals surface area contributed by atoms with Gasteiger partial charge in [-0.3, -0.25) is 0 Å². The Labute approximate surface area is 159 Å². The highest BCUT2D eigenvalue weighted by Crippen LogP contribution is 2.35. The fourth-order valence-electron chi connectivity index (χ4n) is 3.37. The lowest BCUT2D eigenvalue weighted by Gasteiger charge is -2.32. The molecule has 1 aromatic heterocycles. The van der Waals surface area contributed by atoms with Crippen LogP contribution in [-0.2, 0) is 4.74 Å². The zero-order valence-corrected chi connectivity index (χ0v) is 16.3. The Hall–Kier alpha value is -2.05. The first-order valence-corrected chi connectivity index (χ1v) is 9.37. The Kier molecular flexibility index (Phi) is 5.84. The monoisotopic (exact) mass is 375 g/mol. The summed E-state index contributed by atoms with van der Waals surface area (Å²) in [6, 6.07) is 6.08. The van der Waals surface area contributed by atoms with Crippen molar-refractivity contribution >= 4 is 29.1 Å². The van der Waals surface area contributed by atoms with Crippen LogP contribution in [0.5, 0.6) is 0 Å². The minimum atomic E-state index is -0.0203. The van der Waals surface area contributed by atoms with Gasteiger partial charge in [-0.05, 0) is 44.4 Å². The van der Waals surface area contributed by atoms with Crippen molar-refractivity contribution < 1.29 is 4.74 Å². The van der Waals surface area contributed by atoms with E-state index in [9.17, 15) is 0 Å². The van der Waals surface area contributed by atoms with Gasteiger partial charge in [0.2, 0.25) is 5.95 Å². The molecule has 1 atom stereocenters. The van der Waals surface area contributed by atoms with Crippen LogP contribution in [0, 0.1) is 13.8 Å². The van der Waals surface area contributed by atoms with E-state index in [4.69, 9.17) is 22.1 Å². The maximum atomic E-state index is 6.66. The maximum absolute atomic E-state index is 6.66. The second-order valence-corrected chi connectivity index (χ2v) is 6.99. The third-order valence-corrected chi connectivity index (χ3v) is 4.89. The molecule has 0 bridgehead atoms. The van der Waals surface area contributed by atoms with Crippen molar-refractivity contribution in [3.05, 3.63) is 40.0 Å². The molecule has 3 rings (SSSR count). The molecule has 1 aliphatic rings. The van der Waals surface area contributed by atoms with Crippen molar-refractivity contribution in [2.24, 2.45) is 0 Å². The number of benzene rings is 1. The van der Waals surface area contributed by atoms with Gasteiger partial charge in [-0.1, -0.05) is 17.7 Å². The van der Waals surface area contributed by atoms with E-state index in [0.29, 0.717) is 6.61 Å². The molecule has 2 aromatic rings. The van der Waals surface area contributed by atoms with Crippen LogP contribution in [0.1, 0.15) is 36.2 Å². The van der Waals surface area contributed by atoms with Gasteiger partial charge in [-0.15, -0.1) is 0 Å². The van der Waals surface area contributed by atoms with Gasteiger partial charge in [-0.25, -0.2) is 4.98 Å². The maximum Gasteiger partial charge on any atom is 0.222 e. The number of nitrogen functional groups attached to an aromatic ring is 1. The van der Waals surface area contributed by atoms with Crippen LogP contribution in [0.2, 0.25) is 5.02 Å². The highest BCUT2D eigenvalue weighted by molar-refractivity contribution is 6.31. The summed E-state index contributed by atoms with van der Waals surface area (Å²) in [6.45, 7) is 9.05. The second kappa shape index (κ2) is 8.10. The number of rotatable bonds is 4. The Morgan fingerprint density at radius 1 is 1.31 bits per heavy atom. The largest absolute Gasteiger partial charge is 0.385 e. The summed E-state index contributed by atoms with van der Waals surface area (Å²) in [4.78, 5) is 10.9. The van der Waals surface area contributed by atoms with Gasteiger partial charge in [0.1, 0.15) is 5.82 Å². The average Bonchev–Trinajstić information content (AvgIpc) is 2.83. The first-order chi connectivity index (χ1) is 12.5. The Morgan fingerprint density at radius 2 is 2.12 bits per heavy atom. The van der Waals surface area contributed by atoms with E-state index in [1.165, 1.54) is 0 Å². The predicted molar refractivity (Wildman–Crippen MR) is 107 cm³/mol. The molecule has 1 fully saturated rings. The van der Waals surface area contributed by atoms with E-state index >= 15 is 0 Å². The first-order valence-electron chi connectivity index (χ1n) is 8.99. The van der Waals surface area contributed by atoms with E-state index in [1.54, 1.807) is 0 Å². The lowest BCUT2D eigenvalue weighted by molar-refractivity contribution is 0.134. The molecule has 0 radical (unpaired) electrons. The number of hydrogen-bond acceptors (Lipinski definition) is 6. The molecule has 140 valence electrons. The first kappa shape index (κ1) is 18.7. The number of anilines is 3. The molecule has 0 aliphatic carbocycles. The van der Waals surface area contributed by atoms with Crippen LogP contribution < -0.4 is 16.0 Å². The number of nitrogens with one attached hydrogen (secondary N) is 1. The van der Waals surface area contributed by atoms with E-state index < -0.39 is 0 Å². The molecule has 26 heavy (non-hydrogen) atoms. The zero-order valence-electron chi connectivity index (χ0n) is 15.6. The molecular formula is C19H26ClN5O. The third-order valence-electron chi connectivity index (χ3n) is 4.56. The van der Waals surface area contributed by atoms with E-state index in [-0.39, 0.29) is 12.0 Å². The molecule has 1 aromatic carbocycles. The molecule has 0 spiro atoms. The van der Waals surface area contributed by atoms with Crippen molar-refractivity contribution in [3.8, 4) is 0 Å². The van der Waals surface area contributed by atoms with Crippen molar-refractivity contribution in [1.82, 2.24) is 9.97 Å². The van der Waals surface area contributed by atoms with Gasteiger partial charge in [0, 0.05) is 42.2 Å². The summed E-state index contributed by atoms with van der Waals surface area (Å²) in [6.07, 6.45) is 0.922. The zero-order chi connectivity index (χ0) is 18.7. The van der Waals surface area contributed by atoms with Gasteiger partial charge < -0.3 is 20.7 Å². The number of hydrogen-bond donors (Lipinski definition) is 2. The summed E-state index contributed by atoms with van der Waals surface area (Å²) in [7, 11) is 0. The Balaban J connectivity index is 2.03. The van der Waals surface area contributed by atoms with Crippen LogP contribution in [0.4, 0.5) is 17.5 Å². The predicted octanol–water partition coefficient (Wildman–Crippen LogP) is 3.73. The van der Waals surface area contributed by atoms with Crippen LogP contribution in [0.25, 0.3) is 0 Å². The van der Waals surface area contributed by atoms with Crippen molar-refractivity contribution in [2.75, 3.05) is 42.3 Å². The summed E-state index contributed by atoms with van der Waals surface area (Å²) >= 11 is 6.66. The van der Waals surface area contributed by atoms with Crippen LogP contribution in [-0.4, -0.2) is 36.3 Å². The summed E-state index contributed by atoms with van der Waals surface area (Å²) in [5.74, 6) is 1.10. The fourth-order valence-corrected chi connectivity index (χ4v) is 3.66. The van der Waals surface area contributed by atoms with Gasteiger partial charge in [0.25, 0.3) is 0 Å². The molecule has 1 saturated heterocycles. The molecular weight excluding hydrogens is 350 g/mol. The summed E-state index contributed by atoms with van der Waals surface area (Å²) in [5.41, 5.74) is 10.00. The molecule has 3 N–H and O–H groups in total. The number of aryl methyl sites for hydroxylation is 2. The quantitative estimate of drug-likeness (QED) is 0.847. The molecule has 0 amide bonds. The highest BCUT2D eigenvalue weighted by Gasteiger charge is 2.27. The van der Waals surface area contributed by atoms with Crippen LogP contribution in [0.3, 0.4) is 0 Å². The van der Waals surface area contributed by atoms with Crippen LogP contribution >= 0.6 is 11.6 Å². The number of halogens is 1. The minimum Gasteiger partial charge on any atom is -0.385 e. The SMILES string of the molecule is CCNc1cc(Cl)c(C2COCCCN2c2cc(C)nc(N)n2)cc1C. The molecule has 6 nitrogen and oxygen atoms in total. The fraction of sp³-hybridized carbons (Fsp3) is 0.474. The average molecular weight is 376 g/mol. The Morgan fingerprint density at radius 3 is 2.85 bits per heavy atom. The minimum absolute atomic E-state index is 0.0203. The van der Waals surface area contributed by atoms with E-state index in [0.717, 1.165) is 59.5 Å². The van der Waals surface area contributed by atoms with Crippen molar-refractivity contribution in [1.29, 1.82) is 0 Å². The van der Waals surface area contributed by atoms with Crippen LogP contribution in [0.15, 0.2) is 18.2 Å². The van der Waals surface area contributed by atoms with Crippen molar-refractivity contribution in [3.63, 3.8) is 0 Å². The second-order valence-electron chi connectivity index (χ2n) is 6.58. The topological polar surface area (TPSA) is 76.3 Å². The highest BCUT2D eigenvalue weighted by atomic mass is 35.5. The summed E-state index contributed by atoms with van der Waals surface area (Å²) in [5, 5.41) is 4.08. The normalized spacial score (nSPS) is 17.8. The molecule has 1 aliphatic heterocycles. The number of nitrogens with zero attached hydrogens (tertiary/aromatic N) is 3. The number of nitrogens with two attached hydrogens (primary N) is 1. The lowest BCUT2D eigenvalue weighted by atomic mass is 10.0. The lowest BCUT2D eigenvalue weighted by Crippen LogP contribution is -2.32.